The summed E-state index contributed by atoms with van der Waals surface area (Å²) in [4.78, 5) is 19.4. The summed E-state index contributed by atoms with van der Waals surface area (Å²) in [6.07, 6.45) is 0.512. The number of aromatic nitrogens is 2. The van der Waals surface area contributed by atoms with Crippen LogP contribution in [-0.2, 0) is 15.9 Å². The summed E-state index contributed by atoms with van der Waals surface area (Å²) in [5.41, 5.74) is 9.26. The summed E-state index contributed by atoms with van der Waals surface area (Å²) in [6.45, 7) is 1.29. The lowest BCUT2D eigenvalue weighted by Crippen LogP contribution is -2.11. The maximum atomic E-state index is 11.5. The molecular formula is C18H17N3O3. The van der Waals surface area contributed by atoms with Gasteiger partial charge >= 0.3 is 0 Å². The molecule has 0 atom stereocenters. The number of nitrogens with one attached hydrogen (secondary N) is 1. The highest BCUT2D eigenvalue weighted by Crippen LogP contribution is 2.24. The molecule has 0 radical (unpaired) electrons. The van der Waals surface area contributed by atoms with Crippen LogP contribution in [0.5, 0.6) is 0 Å². The predicted molar refractivity (Wildman–Crippen MR) is 89.4 cm³/mol. The number of ether oxygens (including phenoxy) is 2. The Morgan fingerprint density at radius 2 is 2.00 bits per heavy atom. The zero-order chi connectivity index (χ0) is 16.5. The first kappa shape index (κ1) is 14.9. The highest BCUT2D eigenvalue weighted by Gasteiger charge is 2.17. The first-order valence-corrected chi connectivity index (χ1v) is 7.82. The highest BCUT2D eigenvalue weighted by molar-refractivity contribution is 6.04. The molecule has 24 heavy (non-hydrogen) atoms. The maximum absolute atomic E-state index is 11.5. The van der Waals surface area contributed by atoms with Gasteiger partial charge in [-0.3, -0.25) is 4.79 Å². The summed E-state index contributed by atoms with van der Waals surface area (Å²) >= 11 is 0. The molecule has 1 amide bonds. The van der Waals surface area contributed by atoms with Crippen LogP contribution in [0.2, 0.25) is 0 Å². The summed E-state index contributed by atoms with van der Waals surface area (Å²) in [6, 6.07) is 13.4. The molecule has 2 heterocycles. The van der Waals surface area contributed by atoms with E-state index in [1.54, 1.807) is 12.1 Å². The molecule has 6 heteroatoms. The van der Waals surface area contributed by atoms with Crippen LogP contribution >= 0.6 is 0 Å². The second kappa shape index (κ2) is 6.07. The van der Waals surface area contributed by atoms with Crippen LogP contribution in [-0.4, -0.2) is 35.4 Å². The minimum atomic E-state index is -0.483. The van der Waals surface area contributed by atoms with Gasteiger partial charge in [0.05, 0.1) is 24.3 Å². The van der Waals surface area contributed by atoms with Crippen LogP contribution in [0, 0.1) is 0 Å². The van der Waals surface area contributed by atoms with Gasteiger partial charge in [-0.2, -0.15) is 0 Å². The van der Waals surface area contributed by atoms with Crippen molar-refractivity contribution in [1.29, 1.82) is 0 Å². The van der Waals surface area contributed by atoms with Crippen LogP contribution in [0.15, 0.2) is 42.5 Å². The number of hydrogen-bond acceptors (Lipinski definition) is 4. The SMILES string of the molecule is NC(=O)c1cccc2[nH]c(-c3cccc(CC4OCCO4)c3)nc12. The fraction of sp³-hybridized carbons (Fsp3) is 0.222. The van der Waals surface area contributed by atoms with E-state index < -0.39 is 5.91 Å². The summed E-state index contributed by atoms with van der Waals surface area (Å²) in [5, 5.41) is 0. The minimum Gasteiger partial charge on any atom is -0.366 e. The smallest absolute Gasteiger partial charge is 0.250 e. The van der Waals surface area contributed by atoms with Gasteiger partial charge in [-0.05, 0) is 23.8 Å². The van der Waals surface area contributed by atoms with E-state index in [1.165, 1.54) is 0 Å². The maximum Gasteiger partial charge on any atom is 0.250 e. The Hall–Kier alpha value is -2.70. The summed E-state index contributed by atoms with van der Waals surface area (Å²) in [7, 11) is 0. The number of H-pyrrole nitrogens is 1. The Labute approximate surface area is 138 Å². The third kappa shape index (κ3) is 2.77. The number of imidazole rings is 1. The molecule has 122 valence electrons. The van der Waals surface area contributed by atoms with E-state index in [9.17, 15) is 4.79 Å². The largest absolute Gasteiger partial charge is 0.366 e. The summed E-state index contributed by atoms with van der Waals surface area (Å²) < 4.78 is 11.0. The lowest BCUT2D eigenvalue weighted by Gasteiger charge is -2.09. The van der Waals surface area contributed by atoms with Gasteiger partial charge in [0, 0.05) is 12.0 Å². The predicted octanol–water partition coefficient (Wildman–Crippen LogP) is 2.24. The quantitative estimate of drug-likeness (QED) is 0.770. The van der Waals surface area contributed by atoms with Crippen molar-refractivity contribution in [1.82, 2.24) is 9.97 Å². The second-order valence-corrected chi connectivity index (χ2v) is 5.73. The number of benzene rings is 2. The minimum absolute atomic E-state index is 0.183. The average Bonchev–Trinajstić information content (AvgIpc) is 3.23. The first-order chi connectivity index (χ1) is 11.7. The normalized spacial score (nSPS) is 15.2. The van der Waals surface area contributed by atoms with Crippen molar-refractivity contribution in [3.8, 4) is 11.4 Å². The number of nitrogens with zero attached hydrogens (tertiary/aromatic N) is 1. The molecule has 1 aliphatic heterocycles. The molecule has 1 aliphatic rings. The van der Waals surface area contributed by atoms with E-state index in [4.69, 9.17) is 15.2 Å². The van der Waals surface area contributed by atoms with Crippen molar-refractivity contribution < 1.29 is 14.3 Å². The Morgan fingerprint density at radius 3 is 2.79 bits per heavy atom. The van der Waals surface area contributed by atoms with Gasteiger partial charge in [0.25, 0.3) is 5.91 Å². The zero-order valence-corrected chi connectivity index (χ0v) is 13.0. The van der Waals surface area contributed by atoms with Gasteiger partial charge in [0.1, 0.15) is 11.3 Å². The number of carbonyl (C=O) groups excluding carboxylic acids is 1. The molecule has 1 saturated heterocycles. The molecule has 1 fully saturated rings. The van der Waals surface area contributed by atoms with Gasteiger partial charge in [0.2, 0.25) is 0 Å². The number of nitrogens with two attached hydrogens (primary N) is 1. The van der Waals surface area contributed by atoms with Crippen LogP contribution in [0.25, 0.3) is 22.4 Å². The highest BCUT2D eigenvalue weighted by atomic mass is 16.7. The Bertz CT molecular complexity index is 897. The van der Waals surface area contributed by atoms with Crippen molar-refractivity contribution in [2.45, 2.75) is 12.7 Å². The van der Waals surface area contributed by atoms with Gasteiger partial charge in [0.15, 0.2) is 6.29 Å². The zero-order valence-electron chi connectivity index (χ0n) is 13.0. The molecule has 0 saturated carbocycles. The third-order valence-corrected chi connectivity index (χ3v) is 4.07. The number of hydrogen-bond donors (Lipinski definition) is 2. The Balaban J connectivity index is 1.69. The lowest BCUT2D eigenvalue weighted by atomic mass is 10.1. The molecule has 0 aliphatic carbocycles. The lowest BCUT2D eigenvalue weighted by molar-refractivity contribution is -0.0399. The van der Waals surface area contributed by atoms with Crippen LogP contribution < -0.4 is 5.73 Å². The molecule has 2 aromatic carbocycles. The topological polar surface area (TPSA) is 90.2 Å². The fourth-order valence-electron chi connectivity index (χ4n) is 2.93. The van der Waals surface area contributed by atoms with Crippen LogP contribution in [0.3, 0.4) is 0 Å². The van der Waals surface area contributed by atoms with E-state index in [0.29, 0.717) is 36.5 Å². The second-order valence-electron chi connectivity index (χ2n) is 5.73. The van der Waals surface area contributed by atoms with E-state index >= 15 is 0 Å². The number of amides is 1. The van der Waals surface area contributed by atoms with E-state index in [2.05, 4.69) is 9.97 Å². The molecule has 3 aromatic rings. The first-order valence-electron chi connectivity index (χ1n) is 7.82. The molecular weight excluding hydrogens is 306 g/mol. The average molecular weight is 323 g/mol. The standard InChI is InChI=1S/C18H17N3O3/c19-17(22)13-5-2-6-14-16(13)21-18(20-14)12-4-1-3-11(9-12)10-15-23-7-8-24-15/h1-6,9,15H,7-8,10H2,(H2,19,22)(H,20,21). The third-order valence-electron chi connectivity index (χ3n) is 4.07. The van der Waals surface area contributed by atoms with Gasteiger partial charge in [-0.25, -0.2) is 4.98 Å². The van der Waals surface area contributed by atoms with Crippen molar-refractivity contribution >= 4 is 16.9 Å². The van der Waals surface area contributed by atoms with Gasteiger partial charge in [-0.15, -0.1) is 0 Å². The molecule has 4 rings (SSSR count). The van der Waals surface area contributed by atoms with Gasteiger partial charge in [-0.1, -0.05) is 24.3 Å². The van der Waals surface area contributed by atoms with Crippen molar-refractivity contribution in [2.24, 2.45) is 5.73 Å². The molecule has 1 aromatic heterocycles. The van der Waals surface area contributed by atoms with E-state index in [-0.39, 0.29) is 6.29 Å². The molecule has 0 unspecified atom stereocenters. The van der Waals surface area contributed by atoms with Crippen molar-refractivity contribution in [3.63, 3.8) is 0 Å². The van der Waals surface area contributed by atoms with E-state index in [0.717, 1.165) is 16.6 Å². The van der Waals surface area contributed by atoms with Crippen LogP contribution in [0.4, 0.5) is 0 Å². The number of rotatable bonds is 4. The fourth-order valence-corrected chi connectivity index (χ4v) is 2.93. The number of fused-ring (bicyclic) bond motifs is 1. The number of primary amides is 1. The van der Waals surface area contributed by atoms with E-state index in [1.807, 2.05) is 30.3 Å². The molecule has 0 spiro atoms. The number of para-hydroxylation sites is 1. The molecule has 6 nitrogen and oxygen atoms in total. The number of carbonyl (C=O) groups is 1. The van der Waals surface area contributed by atoms with Crippen molar-refractivity contribution in [2.75, 3.05) is 13.2 Å². The van der Waals surface area contributed by atoms with Crippen LogP contribution in [0.1, 0.15) is 15.9 Å². The van der Waals surface area contributed by atoms with Gasteiger partial charge < -0.3 is 20.2 Å². The monoisotopic (exact) mass is 323 g/mol. The number of aromatic amines is 1. The Morgan fingerprint density at radius 1 is 1.21 bits per heavy atom. The summed E-state index contributed by atoms with van der Waals surface area (Å²) in [5.74, 6) is 0.219. The Kier molecular flexibility index (Phi) is 3.76. The van der Waals surface area contributed by atoms with Crippen molar-refractivity contribution in [3.05, 3.63) is 53.6 Å². The molecule has 3 N–H and O–H groups in total. The molecule has 0 bridgehead atoms.